The van der Waals surface area contributed by atoms with Crippen molar-refractivity contribution in [3.63, 3.8) is 0 Å². The van der Waals surface area contributed by atoms with Gasteiger partial charge in [-0.1, -0.05) is 30.3 Å². The Morgan fingerprint density at radius 2 is 2.05 bits per heavy atom. The first-order valence-electron chi connectivity index (χ1n) is 6.45. The Hall–Kier alpha value is -1.88. The largest absolute Gasteiger partial charge is 0.480 e. The summed E-state index contributed by atoms with van der Waals surface area (Å²) in [6.45, 7) is 1.33. The van der Waals surface area contributed by atoms with Gasteiger partial charge in [-0.3, -0.25) is 4.79 Å². The first-order valence-corrected chi connectivity index (χ1v) is 6.45. The molecule has 5 nitrogen and oxygen atoms in total. The lowest BCUT2D eigenvalue weighted by Crippen LogP contribution is -2.44. The SMILES string of the molecule is O=C(O)[C@@H]1CCCN1C(=O)CNCc1ccccc1. The Morgan fingerprint density at radius 1 is 1.32 bits per heavy atom. The van der Waals surface area contributed by atoms with E-state index in [1.165, 1.54) is 4.90 Å². The first-order chi connectivity index (χ1) is 9.18. The molecular formula is C14H18N2O3. The van der Waals surface area contributed by atoms with E-state index in [1.54, 1.807) is 0 Å². The number of benzene rings is 1. The number of rotatable bonds is 5. The van der Waals surface area contributed by atoms with Crippen LogP contribution in [0.5, 0.6) is 0 Å². The van der Waals surface area contributed by atoms with Gasteiger partial charge in [0.25, 0.3) is 0 Å². The lowest BCUT2D eigenvalue weighted by Gasteiger charge is -2.21. The Labute approximate surface area is 112 Å². The van der Waals surface area contributed by atoms with E-state index >= 15 is 0 Å². The minimum atomic E-state index is -0.908. The molecule has 0 aliphatic carbocycles. The number of carboxylic acid groups (broad SMARTS) is 1. The van der Waals surface area contributed by atoms with Gasteiger partial charge in [0, 0.05) is 13.1 Å². The second kappa shape index (κ2) is 6.33. The highest BCUT2D eigenvalue weighted by Gasteiger charge is 2.33. The fourth-order valence-electron chi connectivity index (χ4n) is 2.33. The van der Waals surface area contributed by atoms with Gasteiger partial charge in [0.2, 0.25) is 5.91 Å². The number of likely N-dealkylation sites (tertiary alicyclic amines) is 1. The van der Waals surface area contributed by atoms with Gasteiger partial charge in [0.05, 0.1) is 6.54 Å². The van der Waals surface area contributed by atoms with E-state index in [0.717, 1.165) is 12.0 Å². The molecule has 0 bridgehead atoms. The van der Waals surface area contributed by atoms with Crippen LogP contribution >= 0.6 is 0 Å². The van der Waals surface area contributed by atoms with Crippen LogP contribution in [0.2, 0.25) is 0 Å². The minimum absolute atomic E-state index is 0.138. The zero-order chi connectivity index (χ0) is 13.7. The van der Waals surface area contributed by atoms with E-state index in [9.17, 15) is 9.59 Å². The molecule has 1 aliphatic heterocycles. The van der Waals surface area contributed by atoms with Crippen LogP contribution in [0.4, 0.5) is 0 Å². The molecule has 0 unspecified atom stereocenters. The van der Waals surface area contributed by atoms with Crippen molar-refractivity contribution in [1.29, 1.82) is 0 Å². The Balaban J connectivity index is 1.80. The number of hydrogen-bond acceptors (Lipinski definition) is 3. The number of aliphatic carboxylic acids is 1. The summed E-state index contributed by atoms with van der Waals surface area (Å²) in [7, 11) is 0. The van der Waals surface area contributed by atoms with Crippen LogP contribution in [0.3, 0.4) is 0 Å². The fourth-order valence-corrected chi connectivity index (χ4v) is 2.33. The van der Waals surface area contributed by atoms with Crippen molar-refractivity contribution < 1.29 is 14.7 Å². The van der Waals surface area contributed by atoms with Gasteiger partial charge in [-0.25, -0.2) is 4.79 Å². The maximum atomic E-state index is 12.0. The van der Waals surface area contributed by atoms with Gasteiger partial charge >= 0.3 is 5.97 Å². The van der Waals surface area contributed by atoms with Crippen molar-refractivity contribution >= 4 is 11.9 Å². The zero-order valence-electron chi connectivity index (χ0n) is 10.7. The van der Waals surface area contributed by atoms with E-state index in [1.807, 2.05) is 30.3 Å². The molecule has 102 valence electrons. The van der Waals surface area contributed by atoms with Gasteiger partial charge in [-0.2, -0.15) is 0 Å². The third-order valence-corrected chi connectivity index (χ3v) is 3.31. The molecule has 2 rings (SSSR count). The molecule has 1 amide bonds. The van der Waals surface area contributed by atoms with Crippen molar-refractivity contribution in [1.82, 2.24) is 10.2 Å². The maximum absolute atomic E-state index is 12.0. The molecule has 1 fully saturated rings. The predicted octanol–water partition coefficient (Wildman–Crippen LogP) is 0.852. The van der Waals surface area contributed by atoms with E-state index in [-0.39, 0.29) is 12.5 Å². The molecule has 5 heteroatoms. The van der Waals surface area contributed by atoms with Gasteiger partial charge in [0.15, 0.2) is 0 Å². The molecule has 0 spiro atoms. The monoisotopic (exact) mass is 262 g/mol. The number of amides is 1. The highest BCUT2D eigenvalue weighted by Crippen LogP contribution is 2.17. The molecular weight excluding hydrogens is 244 g/mol. The molecule has 2 N–H and O–H groups in total. The lowest BCUT2D eigenvalue weighted by atomic mass is 10.2. The maximum Gasteiger partial charge on any atom is 0.326 e. The fraction of sp³-hybridized carbons (Fsp3) is 0.429. The molecule has 1 saturated heterocycles. The van der Waals surface area contributed by atoms with Crippen molar-refractivity contribution in [2.75, 3.05) is 13.1 Å². The van der Waals surface area contributed by atoms with Crippen LogP contribution in [0.15, 0.2) is 30.3 Å². The summed E-state index contributed by atoms with van der Waals surface area (Å²) in [5.41, 5.74) is 1.10. The topological polar surface area (TPSA) is 69.6 Å². The van der Waals surface area contributed by atoms with Crippen LogP contribution in [-0.4, -0.2) is 41.0 Å². The molecule has 1 atom stereocenters. The summed E-state index contributed by atoms with van der Waals surface area (Å²) in [5, 5.41) is 12.1. The summed E-state index contributed by atoms with van der Waals surface area (Å²) in [6, 6.07) is 9.14. The molecule has 1 aromatic rings. The molecule has 1 aromatic carbocycles. The van der Waals surface area contributed by atoms with Crippen molar-refractivity contribution in [2.45, 2.75) is 25.4 Å². The van der Waals surface area contributed by atoms with Crippen LogP contribution < -0.4 is 5.32 Å². The number of carboxylic acids is 1. The van der Waals surface area contributed by atoms with Crippen LogP contribution in [-0.2, 0) is 16.1 Å². The van der Waals surface area contributed by atoms with Crippen LogP contribution in [0, 0.1) is 0 Å². The van der Waals surface area contributed by atoms with E-state index in [4.69, 9.17) is 5.11 Å². The van der Waals surface area contributed by atoms with Crippen molar-refractivity contribution in [2.24, 2.45) is 0 Å². The normalized spacial score (nSPS) is 18.5. The number of nitrogens with zero attached hydrogens (tertiary/aromatic N) is 1. The van der Waals surface area contributed by atoms with E-state index in [0.29, 0.717) is 19.5 Å². The van der Waals surface area contributed by atoms with E-state index < -0.39 is 12.0 Å². The standard InChI is InChI=1S/C14H18N2O3/c17-13(16-8-4-7-12(16)14(18)19)10-15-9-11-5-2-1-3-6-11/h1-3,5-6,12,15H,4,7-10H2,(H,18,19)/t12-/m0/s1. The average molecular weight is 262 g/mol. The van der Waals surface area contributed by atoms with Gasteiger partial charge in [-0.15, -0.1) is 0 Å². The molecule has 0 aromatic heterocycles. The smallest absolute Gasteiger partial charge is 0.326 e. The first kappa shape index (κ1) is 13.5. The van der Waals surface area contributed by atoms with Crippen LogP contribution in [0.1, 0.15) is 18.4 Å². The summed E-state index contributed by atoms with van der Waals surface area (Å²) >= 11 is 0. The molecule has 19 heavy (non-hydrogen) atoms. The lowest BCUT2D eigenvalue weighted by molar-refractivity contribution is -0.147. The third-order valence-electron chi connectivity index (χ3n) is 3.31. The Morgan fingerprint density at radius 3 is 2.74 bits per heavy atom. The van der Waals surface area contributed by atoms with Crippen LogP contribution in [0.25, 0.3) is 0 Å². The summed E-state index contributed by atoms with van der Waals surface area (Å²) in [6.07, 6.45) is 1.32. The van der Waals surface area contributed by atoms with Gasteiger partial charge in [-0.05, 0) is 18.4 Å². The second-order valence-corrected chi connectivity index (χ2v) is 4.67. The van der Waals surface area contributed by atoms with Gasteiger partial charge < -0.3 is 15.3 Å². The summed E-state index contributed by atoms with van der Waals surface area (Å²) in [5.74, 6) is -1.05. The Kier molecular flexibility index (Phi) is 4.52. The van der Waals surface area contributed by atoms with Crippen molar-refractivity contribution in [3.8, 4) is 0 Å². The highest BCUT2D eigenvalue weighted by molar-refractivity contribution is 5.85. The van der Waals surface area contributed by atoms with Crippen molar-refractivity contribution in [3.05, 3.63) is 35.9 Å². The summed E-state index contributed by atoms with van der Waals surface area (Å²) < 4.78 is 0. The zero-order valence-corrected chi connectivity index (χ0v) is 10.7. The summed E-state index contributed by atoms with van der Waals surface area (Å²) in [4.78, 5) is 24.4. The molecule has 1 aliphatic rings. The number of carbonyl (C=O) groups excluding carboxylic acids is 1. The Bertz CT molecular complexity index is 447. The third kappa shape index (κ3) is 3.54. The quantitative estimate of drug-likeness (QED) is 0.825. The predicted molar refractivity (Wildman–Crippen MR) is 70.5 cm³/mol. The van der Waals surface area contributed by atoms with Gasteiger partial charge in [0.1, 0.15) is 6.04 Å². The van der Waals surface area contributed by atoms with E-state index in [2.05, 4.69) is 5.32 Å². The highest BCUT2D eigenvalue weighted by atomic mass is 16.4. The minimum Gasteiger partial charge on any atom is -0.480 e. The molecule has 0 saturated carbocycles. The number of nitrogens with one attached hydrogen (secondary N) is 1. The number of hydrogen-bond donors (Lipinski definition) is 2. The molecule has 1 heterocycles. The second-order valence-electron chi connectivity index (χ2n) is 4.67. The number of carbonyl (C=O) groups is 2. The average Bonchev–Trinajstić information content (AvgIpc) is 2.89. The molecule has 0 radical (unpaired) electrons.